The molecule has 0 aromatic heterocycles. The summed E-state index contributed by atoms with van der Waals surface area (Å²) in [6.07, 6.45) is -14.3. The number of benzene rings is 1. The minimum absolute atomic E-state index is 0.228. The van der Waals surface area contributed by atoms with Crippen molar-refractivity contribution in [1.82, 2.24) is 0 Å². The fraction of sp³-hybridized carbons (Fsp3) is 0.700. The van der Waals surface area contributed by atoms with Gasteiger partial charge < -0.3 is 9.84 Å². The normalized spacial score (nSPS) is 16.7. The molecular weight excluding hydrogens is 595 g/mol. The molecule has 2 nitrogen and oxygen atoms in total. The number of alkyl halides is 17. The van der Waals surface area contributed by atoms with Crippen LogP contribution < -0.4 is 4.74 Å². The number of aliphatic hydroxyl groups is 1. The second-order valence-corrected chi connectivity index (χ2v) is 8.24. The van der Waals surface area contributed by atoms with Gasteiger partial charge in [0.05, 0.1) is 12.2 Å². The van der Waals surface area contributed by atoms with Crippen LogP contribution in [-0.4, -0.2) is 58.8 Å². The van der Waals surface area contributed by atoms with Crippen LogP contribution in [0.2, 0.25) is 0 Å². The van der Waals surface area contributed by atoms with Gasteiger partial charge in [0.15, 0.2) is 0 Å². The molecule has 0 amide bonds. The van der Waals surface area contributed by atoms with Crippen LogP contribution in [0.3, 0.4) is 0 Å². The fourth-order valence-electron chi connectivity index (χ4n) is 2.84. The molecule has 19 heteroatoms. The predicted molar refractivity (Wildman–Crippen MR) is 97.1 cm³/mol. The highest BCUT2D eigenvalue weighted by atomic mass is 19.4. The molecule has 228 valence electrons. The van der Waals surface area contributed by atoms with Crippen LogP contribution in [0, 0.1) is 0 Å². The van der Waals surface area contributed by atoms with Crippen molar-refractivity contribution in [3.8, 4) is 5.75 Å². The molecule has 0 spiro atoms. The Hall–Kier alpha value is -2.21. The second kappa shape index (κ2) is 10.3. The maximum atomic E-state index is 14.2. The van der Waals surface area contributed by atoms with E-state index in [0.717, 1.165) is 18.2 Å². The number of hydrogen-bond acceptors (Lipinski definition) is 2. The second-order valence-electron chi connectivity index (χ2n) is 8.24. The van der Waals surface area contributed by atoms with Crippen molar-refractivity contribution < 1.29 is 84.5 Å². The number of rotatable bonds is 12. The third-order valence-corrected chi connectivity index (χ3v) is 5.42. The van der Waals surface area contributed by atoms with Gasteiger partial charge >= 0.3 is 47.6 Å². The van der Waals surface area contributed by atoms with Gasteiger partial charge in [-0.3, -0.25) is 0 Å². The van der Waals surface area contributed by atoms with Crippen molar-refractivity contribution in [1.29, 1.82) is 0 Å². The standard InChI is InChI=1S/C20H17F17O2/c1-3-9(2)39-12-7-5-4-6-10(12)11(38)8-13(21,22)14(23,24)15(25,26)16(27,28)17(29,30)18(31,32)19(33,34)20(35,36)37/h4-7,9,11,38H,3,8H2,1-2H3. The lowest BCUT2D eigenvalue weighted by molar-refractivity contribution is -0.462. The maximum absolute atomic E-state index is 14.2. The van der Waals surface area contributed by atoms with Crippen molar-refractivity contribution in [3.05, 3.63) is 29.8 Å². The van der Waals surface area contributed by atoms with E-state index in [1.54, 1.807) is 0 Å². The lowest BCUT2D eigenvalue weighted by Gasteiger charge is -2.43. The van der Waals surface area contributed by atoms with Crippen molar-refractivity contribution >= 4 is 0 Å². The Kier molecular flexibility index (Phi) is 9.21. The molecule has 1 aromatic carbocycles. The molecule has 39 heavy (non-hydrogen) atoms. The molecule has 0 aliphatic heterocycles. The summed E-state index contributed by atoms with van der Waals surface area (Å²) in [7, 11) is 0. The minimum Gasteiger partial charge on any atom is -0.490 e. The third-order valence-electron chi connectivity index (χ3n) is 5.42. The summed E-state index contributed by atoms with van der Waals surface area (Å²) in [6.45, 7) is 2.91. The van der Waals surface area contributed by atoms with Crippen molar-refractivity contribution in [2.75, 3.05) is 0 Å². The Morgan fingerprint density at radius 3 is 1.44 bits per heavy atom. The van der Waals surface area contributed by atoms with E-state index in [2.05, 4.69) is 0 Å². The number of ether oxygens (including phenoxy) is 1. The SMILES string of the molecule is CCC(C)Oc1ccccc1C(O)CC(F)(F)C(F)(F)C(F)(F)C(F)(F)C(F)(F)C(F)(F)C(F)(F)C(F)(F)F. The minimum atomic E-state index is -8.70. The summed E-state index contributed by atoms with van der Waals surface area (Å²) in [5.41, 5.74) is -0.843. The molecule has 0 aliphatic rings. The summed E-state index contributed by atoms with van der Waals surface area (Å²) in [6, 6.07) is 3.77. The number of hydrogen-bond donors (Lipinski definition) is 1. The van der Waals surface area contributed by atoms with E-state index in [4.69, 9.17) is 4.74 Å². The van der Waals surface area contributed by atoms with E-state index >= 15 is 0 Å². The zero-order valence-corrected chi connectivity index (χ0v) is 19.2. The van der Waals surface area contributed by atoms with E-state index in [9.17, 15) is 79.7 Å². The van der Waals surface area contributed by atoms with Gasteiger partial charge in [0, 0.05) is 12.0 Å². The molecule has 2 atom stereocenters. The van der Waals surface area contributed by atoms with Gasteiger partial charge in [-0.25, -0.2) is 0 Å². The van der Waals surface area contributed by atoms with E-state index in [1.807, 2.05) is 0 Å². The largest absolute Gasteiger partial charge is 0.490 e. The van der Waals surface area contributed by atoms with Crippen molar-refractivity contribution in [2.45, 2.75) is 86.5 Å². The summed E-state index contributed by atoms with van der Waals surface area (Å²) in [5.74, 6) is -57.6. The summed E-state index contributed by atoms with van der Waals surface area (Å²) >= 11 is 0. The topological polar surface area (TPSA) is 29.5 Å². The van der Waals surface area contributed by atoms with Crippen LogP contribution in [0.25, 0.3) is 0 Å². The summed E-state index contributed by atoms with van der Waals surface area (Å²) < 4.78 is 233. The highest BCUT2D eigenvalue weighted by Gasteiger charge is 2.95. The maximum Gasteiger partial charge on any atom is 0.460 e. The van der Waals surface area contributed by atoms with Crippen LogP contribution in [0.5, 0.6) is 5.75 Å². The Labute approximate surface area is 207 Å². The molecule has 0 saturated carbocycles. The van der Waals surface area contributed by atoms with Crippen molar-refractivity contribution in [3.63, 3.8) is 0 Å². The van der Waals surface area contributed by atoms with Gasteiger partial charge in [-0.15, -0.1) is 0 Å². The Bertz CT molecular complexity index is 987. The average molecular weight is 612 g/mol. The fourth-order valence-corrected chi connectivity index (χ4v) is 2.84. The van der Waals surface area contributed by atoms with Crippen LogP contribution in [0.4, 0.5) is 74.6 Å². The Morgan fingerprint density at radius 2 is 1.03 bits per heavy atom. The number of halogens is 17. The molecule has 0 aliphatic carbocycles. The molecule has 2 unspecified atom stereocenters. The van der Waals surface area contributed by atoms with Gasteiger partial charge in [0.25, 0.3) is 0 Å². The average Bonchev–Trinajstić information content (AvgIpc) is 2.77. The zero-order chi connectivity index (χ0) is 31.3. The van der Waals surface area contributed by atoms with Gasteiger partial charge in [0.2, 0.25) is 0 Å². The monoisotopic (exact) mass is 612 g/mol. The quantitative estimate of drug-likeness (QED) is 0.241. The first-order valence-corrected chi connectivity index (χ1v) is 10.2. The Morgan fingerprint density at radius 1 is 0.641 bits per heavy atom. The highest BCUT2D eigenvalue weighted by molar-refractivity contribution is 5.35. The molecule has 1 rings (SSSR count). The van der Waals surface area contributed by atoms with Gasteiger partial charge in [-0.2, -0.15) is 74.6 Å². The third kappa shape index (κ3) is 5.42. The molecular formula is C20H17F17O2. The van der Waals surface area contributed by atoms with Gasteiger partial charge in [0.1, 0.15) is 5.75 Å². The first-order valence-electron chi connectivity index (χ1n) is 10.2. The Balaban J connectivity index is 3.54. The van der Waals surface area contributed by atoms with Crippen LogP contribution >= 0.6 is 0 Å². The molecule has 1 N–H and O–H groups in total. The summed E-state index contributed by atoms with van der Waals surface area (Å²) in [5, 5.41) is 9.92. The van der Waals surface area contributed by atoms with E-state index in [1.165, 1.54) is 13.8 Å². The van der Waals surface area contributed by atoms with E-state index in [0.29, 0.717) is 6.07 Å². The lowest BCUT2D eigenvalue weighted by Crippen LogP contribution is -2.74. The lowest BCUT2D eigenvalue weighted by atomic mass is 9.87. The number of aliphatic hydroxyl groups excluding tert-OH is 1. The van der Waals surface area contributed by atoms with Gasteiger partial charge in [-0.1, -0.05) is 25.1 Å². The molecule has 0 heterocycles. The predicted octanol–water partition coefficient (Wildman–Crippen LogP) is 8.30. The number of para-hydroxylation sites is 1. The molecule has 0 saturated heterocycles. The molecule has 0 radical (unpaired) electrons. The van der Waals surface area contributed by atoms with Crippen LogP contribution in [-0.2, 0) is 0 Å². The van der Waals surface area contributed by atoms with Crippen LogP contribution in [0.1, 0.15) is 38.4 Å². The van der Waals surface area contributed by atoms with Crippen LogP contribution in [0.15, 0.2) is 24.3 Å². The molecule has 0 fully saturated rings. The highest BCUT2D eigenvalue weighted by Crippen LogP contribution is 2.64. The van der Waals surface area contributed by atoms with Gasteiger partial charge in [-0.05, 0) is 19.4 Å². The molecule has 0 bridgehead atoms. The van der Waals surface area contributed by atoms with Crippen molar-refractivity contribution in [2.24, 2.45) is 0 Å². The first-order chi connectivity index (χ1) is 17.1. The van der Waals surface area contributed by atoms with E-state index < -0.39 is 77.6 Å². The smallest absolute Gasteiger partial charge is 0.460 e. The zero-order valence-electron chi connectivity index (χ0n) is 19.2. The summed E-state index contributed by atoms with van der Waals surface area (Å²) in [4.78, 5) is 0. The first kappa shape index (κ1) is 34.8. The molecule has 1 aromatic rings. The van der Waals surface area contributed by atoms with E-state index in [-0.39, 0.29) is 6.42 Å².